The lowest BCUT2D eigenvalue weighted by atomic mass is 10.2. The van der Waals surface area contributed by atoms with Gasteiger partial charge in [0.2, 0.25) is 11.8 Å². The van der Waals surface area contributed by atoms with Gasteiger partial charge in [-0.1, -0.05) is 60.3 Å². The molecule has 3 rings (SSSR count). The second-order valence-electron chi connectivity index (χ2n) is 6.29. The first kappa shape index (κ1) is 20.1. The van der Waals surface area contributed by atoms with E-state index < -0.39 is 5.25 Å². The number of benzene rings is 2. The number of thioether (sulfide) groups is 1. The van der Waals surface area contributed by atoms with Gasteiger partial charge in [0.15, 0.2) is 5.17 Å². The second-order valence-corrected chi connectivity index (χ2v) is 7.46. The summed E-state index contributed by atoms with van der Waals surface area (Å²) in [4.78, 5) is 31.4. The van der Waals surface area contributed by atoms with Gasteiger partial charge in [-0.3, -0.25) is 14.5 Å². The average molecular weight is 398 g/mol. The minimum absolute atomic E-state index is 0.105. The lowest BCUT2D eigenvalue weighted by molar-refractivity contribution is -0.129. The second kappa shape index (κ2) is 10.1. The Kier molecular flexibility index (Phi) is 7.22. The van der Waals surface area contributed by atoms with Crippen LogP contribution in [0.5, 0.6) is 0 Å². The lowest BCUT2D eigenvalue weighted by Gasteiger charge is -2.15. The van der Waals surface area contributed by atoms with E-state index in [1.807, 2.05) is 60.7 Å². The molecule has 2 amide bonds. The first-order valence-electron chi connectivity index (χ1n) is 9.08. The highest BCUT2D eigenvalue weighted by atomic mass is 32.2. The van der Waals surface area contributed by atoms with Gasteiger partial charge in [0.05, 0.1) is 18.8 Å². The van der Waals surface area contributed by atoms with Crippen molar-refractivity contribution in [1.29, 1.82) is 0 Å². The predicted octanol–water partition coefficient (Wildman–Crippen LogP) is 2.97. The molecule has 6 nitrogen and oxygen atoms in total. The summed E-state index contributed by atoms with van der Waals surface area (Å²) in [6.07, 6.45) is 0.119. The van der Waals surface area contributed by atoms with Crippen molar-refractivity contribution in [2.45, 2.75) is 18.2 Å². The molecule has 1 aliphatic heterocycles. The van der Waals surface area contributed by atoms with Crippen molar-refractivity contribution < 1.29 is 14.3 Å². The molecule has 28 heavy (non-hydrogen) atoms. The van der Waals surface area contributed by atoms with Crippen molar-refractivity contribution in [2.24, 2.45) is 4.99 Å². The standard InChI is InChI=1S/C21H23N3O3S/c1-27-13-12-24-20(26)18(28-21(24)23-17-10-6-3-7-11-17)14-19(25)22-15-16-8-4-2-5-9-16/h2-11,18H,12-15H2,1H3,(H,22,25)/t18-/m0/s1. The van der Waals surface area contributed by atoms with Crippen LogP contribution in [0.4, 0.5) is 5.69 Å². The molecule has 0 spiro atoms. The molecule has 1 heterocycles. The van der Waals surface area contributed by atoms with Crippen LogP contribution < -0.4 is 5.32 Å². The van der Waals surface area contributed by atoms with E-state index >= 15 is 0 Å². The summed E-state index contributed by atoms with van der Waals surface area (Å²) in [5.41, 5.74) is 1.80. The van der Waals surface area contributed by atoms with Crippen LogP contribution in [0.1, 0.15) is 12.0 Å². The van der Waals surface area contributed by atoms with Gasteiger partial charge in [0.1, 0.15) is 5.25 Å². The third-order valence-corrected chi connectivity index (χ3v) is 5.40. The third kappa shape index (κ3) is 5.43. The number of methoxy groups -OCH3 is 1. The predicted molar refractivity (Wildman–Crippen MR) is 111 cm³/mol. The van der Waals surface area contributed by atoms with Crippen molar-refractivity contribution in [3.8, 4) is 0 Å². The summed E-state index contributed by atoms with van der Waals surface area (Å²) < 4.78 is 5.12. The molecule has 0 radical (unpaired) electrons. The van der Waals surface area contributed by atoms with Crippen LogP contribution in [0, 0.1) is 0 Å². The van der Waals surface area contributed by atoms with Crippen LogP contribution in [-0.4, -0.2) is 47.4 Å². The van der Waals surface area contributed by atoms with Gasteiger partial charge >= 0.3 is 0 Å². The van der Waals surface area contributed by atoms with E-state index in [4.69, 9.17) is 4.74 Å². The van der Waals surface area contributed by atoms with Crippen molar-refractivity contribution >= 4 is 34.4 Å². The van der Waals surface area contributed by atoms with E-state index in [0.29, 0.717) is 24.9 Å². The van der Waals surface area contributed by atoms with Crippen molar-refractivity contribution in [3.05, 3.63) is 66.2 Å². The number of rotatable bonds is 8. The molecule has 1 saturated heterocycles. The minimum atomic E-state index is -0.477. The number of ether oxygens (including phenoxy) is 1. The molecule has 1 atom stereocenters. The maximum absolute atomic E-state index is 12.8. The van der Waals surface area contributed by atoms with Gasteiger partial charge in [0, 0.05) is 20.1 Å². The molecule has 146 valence electrons. The summed E-state index contributed by atoms with van der Waals surface area (Å²) in [6, 6.07) is 19.2. The molecule has 2 aromatic carbocycles. The third-order valence-electron chi connectivity index (χ3n) is 4.22. The zero-order valence-electron chi connectivity index (χ0n) is 15.7. The zero-order chi connectivity index (χ0) is 19.8. The summed E-state index contributed by atoms with van der Waals surface area (Å²) in [6.45, 7) is 1.27. The number of hydrogen-bond donors (Lipinski definition) is 1. The SMILES string of the molecule is COCCN1C(=O)[C@H](CC(=O)NCc2ccccc2)SC1=Nc1ccccc1. The Morgan fingerprint density at radius 1 is 1.14 bits per heavy atom. The summed E-state index contributed by atoms with van der Waals surface area (Å²) in [7, 11) is 1.59. The molecule has 1 N–H and O–H groups in total. The molecule has 0 aliphatic carbocycles. The van der Waals surface area contributed by atoms with Gasteiger partial charge < -0.3 is 10.1 Å². The number of amidine groups is 1. The van der Waals surface area contributed by atoms with E-state index in [1.165, 1.54) is 11.8 Å². The molecule has 0 unspecified atom stereocenters. The molecule has 0 saturated carbocycles. The molecular weight excluding hydrogens is 374 g/mol. The number of aliphatic imine (C=N–C) groups is 1. The van der Waals surface area contributed by atoms with Crippen LogP contribution in [0.3, 0.4) is 0 Å². The summed E-state index contributed by atoms with van der Waals surface area (Å²) in [5, 5.41) is 3.01. The summed E-state index contributed by atoms with van der Waals surface area (Å²) >= 11 is 1.33. The lowest BCUT2D eigenvalue weighted by Crippen LogP contribution is -2.36. The maximum Gasteiger partial charge on any atom is 0.242 e. The summed E-state index contributed by atoms with van der Waals surface area (Å²) in [5.74, 6) is -0.256. The quantitative estimate of drug-likeness (QED) is 0.743. The molecule has 7 heteroatoms. The van der Waals surface area contributed by atoms with E-state index in [2.05, 4.69) is 10.3 Å². The minimum Gasteiger partial charge on any atom is -0.383 e. The van der Waals surface area contributed by atoms with E-state index in [0.717, 1.165) is 11.3 Å². The molecule has 1 aliphatic rings. The van der Waals surface area contributed by atoms with Crippen molar-refractivity contribution in [2.75, 3.05) is 20.3 Å². The van der Waals surface area contributed by atoms with Gasteiger partial charge in [-0.25, -0.2) is 4.99 Å². The molecule has 2 aromatic rings. The normalized spacial score (nSPS) is 17.9. The van der Waals surface area contributed by atoms with Crippen molar-refractivity contribution in [3.63, 3.8) is 0 Å². The van der Waals surface area contributed by atoms with Gasteiger partial charge in [-0.2, -0.15) is 0 Å². The fourth-order valence-electron chi connectivity index (χ4n) is 2.76. The Morgan fingerprint density at radius 2 is 1.82 bits per heavy atom. The van der Waals surface area contributed by atoms with Crippen LogP contribution in [-0.2, 0) is 20.9 Å². The van der Waals surface area contributed by atoms with Crippen LogP contribution >= 0.6 is 11.8 Å². The zero-order valence-corrected chi connectivity index (χ0v) is 16.5. The number of carbonyl (C=O) groups excluding carboxylic acids is 2. The highest BCUT2D eigenvalue weighted by molar-refractivity contribution is 8.15. The maximum atomic E-state index is 12.8. The van der Waals surface area contributed by atoms with Gasteiger partial charge in [-0.15, -0.1) is 0 Å². The van der Waals surface area contributed by atoms with Crippen LogP contribution in [0.2, 0.25) is 0 Å². The molecule has 0 aromatic heterocycles. The smallest absolute Gasteiger partial charge is 0.242 e. The van der Waals surface area contributed by atoms with E-state index in [-0.39, 0.29) is 18.2 Å². The van der Waals surface area contributed by atoms with Gasteiger partial charge in [0.25, 0.3) is 0 Å². The number of nitrogens with zero attached hydrogens (tertiary/aromatic N) is 2. The number of amides is 2. The number of nitrogens with one attached hydrogen (secondary N) is 1. The Balaban J connectivity index is 1.65. The first-order valence-corrected chi connectivity index (χ1v) is 9.96. The van der Waals surface area contributed by atoms with Crippen LogP contribution in [0.25, 0.3) is 0 Å². The molecule has 1 fully saturated rings. The number of carbonyl (C=O) groups is 2. The Bertz CT molecular complexity index is 827. The first-order chi connectivity index (χ1) is 13.7. The largest absolute Gasteiger partial charge is 0.383 e. The number of para-hydroxylation sites is 1. The topological polar surface area (TPSA) is 71.0 Å². The fourth-order valence-corrected chi connectivity index (χ4v) is 3.95. The van der Waals surface area contributed by atoms with E-state index in [9.17, 15) is 9.59 Å². The average Bonchev–Trinajstić information content (AvgIpc) is 3.00. The fraction of sp³-hybridized carbons (Fsp3) is 0.286. The Hall–Kier alpha value is -2.64. The van der Waals surface area contributed by atoms with Crippen molar-refractivity contribution in [1.82, 2.24) is 10.2 Å². The highest BCUT2D eigenvalue weighted by Crippen LogP contribution is 2.31. The van der Waals surface area contributed by atoms with E-state index in [1.54, 1.807) is 12.0 Å². The molecular formula is C21H23N3O3S. The molecule has 0 bridgehead atoms. The highest BCUT2D eigenvalue weighted by Gasteiger charge is 2.38. The monoisotopic (exact) mass is 397 g/mol. The number of hydrogen-bond acceptors (Lipinski definition) is 5. The Morgan fingerprint density at radius 3 is 2.50 bits per heavy atom. The van der Waals surface area contributed by atoms with Crippen LogP contribution in [0.15, 0.2) is 65.7 Å². The van der Waals surface area contributed by atoms with Gasteiger partial charge in [-0.05, 0) is 17.7 Å². The Labute approximate surface area is 169 Å².